The van der Waals surface area contributed by atoms with Crippen LogP contribution in [0.4, 0.5) is 5.69 Å². The smallest absolute Gasteiger partial charge is 0.280 e. The van der Waals surface area contributed by atoms with Crippen molar-refractivity contribution >= 4 is 75.2 Å². The number of alkyl halides is 2. The van der Waals surface area contributed by atoms with Gasteiger partial charge in [-0.05, 0) is 29.8 Å². The van der Waals surface area contributed by atoms with Gasteiger partial charge in [-0.15, -0.1) is 0 Å². The third-order valence-corrected chi connectivity index (χ3v) is 6.79. The second kappa shape index (κ2) is 8.00. The van der Waals surface area contributed by atoms with E-state index in [2.05, 4.69) is 63.7 Å². The van der Waals surface area contributed by atoms with E-state index in [1.165, 1.54) is 18.2 Å². The molecule has 0 heterocycles. The summed E-state index contributed by atoms with van der Waals surface area (Å²) in [7, 11) is 0. The molecule has 0 N–H and O–H groups in total. The minimum Gasteiger partial charge on any atom is -0.293 e. The van der Waals surface area contributed by atoms with Gasteiger partial charge in [0.1, 0.15) is 0 Å². The third kappa shape index (κ3) is 4.49. The normalized spacial score (nSPS) is 13.4. The van der Waals surface area contributed by atoms with Gasteiger partial charge in [-0.25, -0.2) is 0 Å². The molecule has 0 saturated carbocycles. The van der Waals surface area contributed by atoms with Crippen LogP contribution in [0, 0.1) is 10.1 Å². The lowest BCUT2D eigenvalue weighted by molar-refractivity contribution is -0.385. The summed E-state index contributed by atoms with van der Waals surface area (Å²) in [5.74, 6) is -0.361. The maximum atomic E-state index is 12.7. The second-order valence-corrected chi connectivity index (χ2v) is 8.45. The van der Waals surface area contributed by atoms with Crippen LogP contribution in [0.15, 0.2) is 51.4 Å². The van der Waals surface area contributed by atoms with E-state index in [1.54, 1.807) is 0 Å². The number of Topliss-reactive ketones (excluding diaryl/α,β-unsaturated/α-hetero) is 1. The highest BCUT2D eigenvalue weighted by Gasteiger charge is 2.30. The molecule has 0 saturated heterocycles. The van der Waals surface area contributed by atoms with Crippen LogP contribution in [0.2, 0.25) is 0 Å². The first-order valence-corrected chi connectivity index (χ1v) is 9.74. The highest BCUT2D eigenvalue weighted by atomic mass is 79.9. The largest absolute Gasteiger partial charge is 0.293 e. The van der Waals surface area contributed by atoms with Gasteiger partial charge in [0.05, 0.1) is 20.1 Å². The highest BCUT2D eigenvalue weighted by Crippen LogP contribution is 2.36. The number of benzene rings is 2. The van der Waals surface area contributed by atoms with E-state index < -0.39 is 9.75 Å². The van der Waals surface area contributed by atoms with E-state index >= 15 is 0 Å². The SMILES string of the molecule is O=C(c1cc(Br)ccc1[N+](=O)[O-])C(Br)C(Br)c1cccc(Br)c1. The van der Waals surface area contributed by atoms with E-state index in [4.69, 9.17) is 0 Å². The predicted octanol–water partition coefficient (Wildman–Crippen LogP) is 6.20. The Morgan fingerprint density at radius 2 is 1.70 bits per heavy atom. The van der Waals surface area contributed by atoms with E-state index in [-0.39, 0.29) is 21.9 Å². The average Bonchev–Trinajstić information content (AvgIpc) is 2.52. The molecule has 8 heteroatoms. The molecule has 0 aliphatic rings. The summed E-state index contributed by atoms with van der Waals surface area (Å²) in [5, 5.41) is 11.1. The van der Waals surface area contributed by atoms with Gasteiger partial charge in [0, 0.05) is 15.0 Å². The Kier molecular flexibility index (Phi) is 6.53. The van der Waals surface area contributed by atoms with Crippen LogP contribution < -0.4 is 0 Å². The van der Waals surface area contributed by atoms with Crippen LogP contribution in [0.25, 0.3) is 0 Å². The summed E-state index contributed by atoms with van der Waals surface area (Å²) in [5.41, 5.74) is 0.731. The Morgan fingerprint density at radius 1 is 1.04 bits per heavy atom. The minimum atomic E-state index is -0.648. The number of nitro benzene ring substituents is 1. The second-order valence-electron chi connectivity index (χ2n) is 4.64. The van der Waals surface area contributed by atoms with Crippen molar-refractivity contribution in [1.29, 1.82) is 0 Å². The van der Waals surface area contributed by atoms with E-state index in [0.29, 0.717) is 4.47 Å². The number of halogens is 4. The fourth-order valence-electron chi connectivity index (χ4n) is 1.99. The molecular weight excluding hydrogens is 562 g/mol. The number of ketones is 1. The molecule has 0 radical (unpaired) electrons. The zero-order valence-electron chi connectivity index (χ0n) is 11.4. The van der Waals surface area contributed by atoms with Crippen molar-refractivity contribution in [3.8, 4) is 0 Å². The molecule has 0 bridgehead atoms. The van der Waals surface area contributed by atoms with Gasteiger partial charge in [-0.1, -0.05) is 75.9 Å². The van der Waals surface area contributed by atoms with Crippen molar-refractivity contribution in [2.24, 2.45) is 0 Å². The Balaban J connectivity index is 2.36. The zero-order chi connectivity index (χ0) is 17.1. The topological polar surface area (TPSA) is 60.2 Å². The lowest BCUT2D eigenvalue weighted by Crippen LogP contribution is -2.20. The monoisotopic (exact) mass is 567 g/mol. The van der Waals surface area contributed by atoms with Crippen LogP contribution in [0.1, 0.15) is 20.7 Å². The van der Waals surface area contributed by atoms with Gasteiger partial charge in [0.25, 0.3) is 5.69 Å². The van der Waals surface area contributed by atoms with E-state index in [9.17, 15) is 14.9 Å². The van der Waals surface area contributed by atoms with Gasteiger partial charge in [-0.2, -0.15) is 0 Å². The summed E-state index contributed by atoms with van der Waals surface area (Å²) in [6.45, 7) is 0. The Bertz CT molecular complexity index is 766. The molecule has 0 fully saturated rings. The number of carbonyl (C=O) groups is 1. The molecule has 2 aromatic rings. The van der Waals surface area contributed by atoms with Crippen molar-refractivity contribution < 1.29 is 9.72 Å². The van der Waals surface area contributed by atoms with Crippen LogP contribution in [-0.2, 0) is 0 Å². The molecular formula is C15H9Br4NO3. The zero-order valence-corrected chi connectivity index (χ0v) is 17.7. The van der Waals surface area contributed by atoms with Crippen molar-refractivity contribution in [2.45, 2.75) is 9.65 Å². The van der Waals surface area contributed by atoms with Crippen LogP contribution in [-0.4, -0.2) is 15.5 Å². The van der Waals surface area contributed by atoms with Gasteiger partial charge < -0.3 is 0 Å². The Morgan fingerprint density at radius 3 is 2.30 bits per heavy atom. The van der Waals surface area contributed by atoms with Gasteiger partial charge >= 0.3 is 0 Å². The summed E-state index contributed by atoms with van der Waals surface area (Å²) in [4.78, 5) is 22.3. The third-order valence-electron chi connectivity index (χ3n) is 3.10. The van der Waals surface area contributed by atoms with Gasteiger partial charge in [0.2, 0.25) is 0 Å². The minimum absolute atomic E-state index is 0.0608. The number of hydrogen-bond acceptors (Lipinski definition) is 3. The molecule has 2 rings (SSSR count). The van der Waals surface area contributed by atoms with Gasteiger partial charge in [0.15, 0.2) is 5.78 Å². The van der Waals surface area contributed by atoms with Crippen molar-refractivity contribution in [3.63, 3.8) is 0 Å². The molecule has 0 aromatic heterocycles. The van der Waals surface area contributed by atoms with E-state index in [1.807, 2.05) is 24.3 Å². The first-order valence-electron chi connectivity index (χ1n) is 6.33. The summed E-state index contributed by atoms with van der Waals surface area (Å²) < 4.78 is 1.50. The van der Waals surface area contributed by atoms with Crippen LogP contribution in [0.3, 0.4) is 0 Å². The van der Waals surface area contributed by atoms with Crippen LogP contribution >= 0.6 is 63.7 Å². The molecule has 0 amide bonds. The standard InChI is InChI=1S/C15H9Br4NO3/c16-9-3-1-2-8(6-9)13(18)14(19)15(21)11-7-10(17)4-5-12(11)20(22)23/h1-7,13-14H. The lowest BCUT2D eigenvalue weighted by atomic mass is 10.0. The molecule has 4 nitrogen and oxygen atoms in total. The first-order chi connectivity index (χ1) is 10.8. The predicted molar refractivity (Wildman–Crippen MR) is 104 cm³/mol. The first kappa shape index (κ1) is 18.8. The van der Waals surface area contributed by atoms with Crippen molar-refractivity contribution in [2.75, 3.05) is 0 Å². The molecule has 0 spiro atoms. The molecule has 2 aromatic carbocycles. The fourth-order valence-corrected chi connectivity index (χ4v) is 3.85. The quantitative estimate of drug-likeness (QED) is 0.186. The molecule has 0 aliphatic heterocycles. The summed E-state index contributed by atoms with van der Waals surface area (Å²) >= 11 is 13.5. The highest BCUT2D eigenvalue weighted by molar-refractivity contribution is 9.12. The Hall–Kier alpha value is -0.570. The van der Waals surface area contributed by atoms with Crippen LogP contribution in [0.5, 0.6) is 0 Å². The van der Waals surface area contributed by atoms with Crippen molar-refractivity contribution in [1.82, 2.24) is 0 Å². The molecule has 2 atom stereocenters. The van der Waals surface area contributed by atoms with Gasteiger partial charge in [-0.3, -0.25) is 14.9 Å². The number of rotatable bonds is 5. The average molecular weight is 571 g/mol. The summed E-state index contributed by atoms with van der Waals surface area (Å²) in [6, 6.07) is 11.8. The molecule has 120 valence electrons. The van der Waals surface area contributed by atoms with Crippen molar-refractivity contribution in [3.05, 3.63) is 72.7 Å². The molecule has 23 heavy (non-hydrogen) atoms. The molecule has 2 unspecified atom stereocenters. The summed E-state index contributed by atoms with van der Waals surface area (Å²) in [6.07, 6.45) is 0. The number of carbonyl (C=O) groups excluding carboxylic acids is 1. The Labute approximate surface area is 166 Å². The number of nitrogens with zero attached hydrogens (tertiary/aromatic N) is 1. The maximum absolute atomic E-state index is 12.7. The number of hydrogen-bond donors (Lipinski definition) is 0. The van der Waals surface area contributed by atoms with E-state index in [0.717, 1.165) is 10.0 Å². The molecule has 0 aliphatic carbocycles. The lowest BCUT2D eigenvalue weighted by Gasteiger charge is -2.16. The maximum Gasteiger partial charge on any atom is 0.280 e. The number of nitro groups is 1. The fraction of sp³-hybridized carbons (Fsp3) is 0.133.